The molecule has 1 aliphatic rings. The maximum Gasteiger partial charge on any atom is 0.321 e. The Bertz CT molecular complexity index is 1000. The number of hydrogen-bond donors (Lipinski definition) is 3. The van der Waals surface area contributed by atoms with E-state index in [0.29, 0.717) is 49.5 Å². The Hall–Kier alpha value is -3.75. The number of amides is 4. The minimum atomic E-state index is -0.695. The molecule has 0 bridgehead atoms. The SMILES string of the molecule is COc1cccc(CC(NC(C)=O)C(=O)NC2CCN(C(=O)Nc3cccc(OC)c3)CC2)c1. The van der Waals surface area contributed by atoms with Crippen LogP contribution in [0, 0.1) is 0 Å². The first-order chi connectivity index (χ1) is 16.4. The number of nitrogens with one attached hydrogen (secondary N) is 3. The first kappa shape index (κ1) is 24.9. The third-order valence-electron chi connectivity index (χ3n) is 5.72. The van der Waals surface area contributed by atoms with E-state index in [1.54, 1.807) is 31.3 Å². The maximum absolute atomic E-state index is 13.0. The highest BCUT2D eigenvalue weighted by Crippen LogP contribution is 2.19. The van der Waals surface area contributed by atoms with Crippen LogP contribution >= 0.6 is 0 Å². The zero-order chi connectivity index (χ0) is 24.5. The molecule has 182 valence electrons. The molecule has 0 radical (unpaired) electrons. The van der Waals surface area contributed by atoms with Crippen molar-refractivity contribution >= 4 is 23.5 Å². The van der Waals surface area contributed by atoms with Crippen molar-refractivity contribution in [1.29, 1.82) is 0 Å². The lowest BCUT2D eigenvalue weighted by molar-refractivity contribution is -0.128. The monoisotopic (exact) mass is 468 g/mol. The average molecular weight is 469 g/mol. The van der Waals surface area contributed by atoms with E-state index < -0.39 is 6.04 Å². The Morgan fingerprint density at radius 3 is 2.29 bits per heavy atom. The minimum Gasteiger partial charge on any atom is -0.497 e. The molecule has 0 aromatic heterocycles. The van der Waals surface area contributed by atoms with Crippen molar-refractivity contribution in [2.24, 2.45) is 0 Å². The summed E-state index contributed by atoms with van der Waals surface area (Å²) in [5.74, 6) is 0.852. The van der Waals surface area contributed by atoms with Crippen LogP contribution in [0.4, 0.5) is 10.5 Å². The molecule has 2 aromatic carbocycles. The second-order valence-electron chi connectivity index (χ2n) is 8.24. The average Bonchev–Trinajstić information content (AvgIpc) is 2.84. The summed E-state index contributed by atoms with van der Waals surface area (Å²) in [4.78, 5) is 39.0. The summed E-state index contributed by atoms with van der Waals surface area (Å²) in [6.07, 6.45) is 1.61. The standard InChI is InChI=1S/C25H32N4O5/c1-17(30)26-23(15-18-6-4-8-21(14-18)33-2)24(31)27-19-10-12-29(13-11-19)25(32)28-20-7-5-9-22(16-20)34-3/h4-9,14,16,19,23H,10-13,15H2,1-3H3,(H,26,30)(H,27,31)(H,28,32). The van der Waals surface area contributed by atoms with Crippen molar-refractivity contribution in [1.82, 2.24) is 15.5 Å². The van der Waals surface area contributed by atoms with Crippen LogP contribution in [0.25, 0.3) is 0 Å². The van der Waals surface area contributed by atoms with E-state index in [0.717, 1.165) is 5.56 Å². The fraction of sp³-hybridized carbons (Fsp3) is 0.400. The Balaban J connectivity index is 1.52. The summed E-state index contributed by atoms with van der Waals surface area (Å²) >= 11 is 0. The Morgan fingerprint density at radius 2 is 1.65 bits per heavy atom. The summed E-state index contributed by atoms with van der Waals surface area (Å²) < 4.78 is 10.4. The number of carbonyl (C=O) groups excluding carboxylic acids is 3. The van der Waals surface area contributed by atoms with Crippen molar-refractivity contribution in [3.05, 3.63) is 54.1 Å². The third-order valence-corrected chi connectivity index (χ3v) is 5.72. The Labute approximate surface area is 199 Å². The van der Waals surface area contributed by atoms with Crippen LogP contribution in [-0.4, -0.2) is 62.1 Å². The highest BCUT2D eigenvalue weighted by Gasteiger charge is 2.27. The lowest BCUT2D eigenvalue weighted by atomic mass is 10.0. The van der Waals surface area contributed by atoms with Crippen LogP contribution in [0.3, 0.4) is 0 Å². The van der Waals surface area contributed by atoms with Crippen molar-refractivity contribution in [2.75, 3.05) is 32.6 Å². The van der Waals surface area contributed by atoms with Gasteiger partial charge in [-0.1, -0.05) is 18.2 Å². The lowest BCUT2D eigenvalue weighted by Crippen LogP contribution is -2.53. The van der Waals surface area contributed by atoms with Crippen molar-refractivity contribution in [3.63, 3.8) is 0 Å². The van der Waals surface area contributed by atoms with Gasteiger partial charge < -0.3 is 30.3 Å². The molecule has 0 saturated carbocycles. The highest BCUT2D eigenvalue weighted by atomic mass is 16.5. The fourth-order valence-corrected chi connectivity index (χ4v) is 3.92. The van der Waals surface area contributed by atoms with E-state index in [9.17, 15) is 14.4 Å². The number of likely N-dealkylation sites (tertiary alicyclic amines) is 1. The van der Waals surface area contributed by atoms with Crippen LogP contribution in [0.2, 0.25) is 0 Å². The van der Waals surface area contributed by atoms with E-state index in [1.807, 2.05) is 36.4 Å². The van der Waals surface area contributed by atoms with Gasteiger partial charge in [-0.2, -0.15) is 0 Å². The molecule has 1 fully saturated rings. The van der Waals surface area contributed by atoms with Crippen LogP contribution in [0.1, 0.15) is 25.3 Å². The van der Waals surface area contributed by atoms with Crippen LogP contribution in [0.15, 0.2) is 48.5 Å². The number of rotatable bonds is 8. The van der Waals surface area contributed by atoms with Gasteiger partial charge in [0.05, 0.1) is 14.2 Å². The van der Waals surface area contributed by atoms with E-state index in [1.165, 1.54) is 6.92 Å². The summed E-state index contributed by atoms with van der Waals surface area (Å²) in [6.45, 7) is 2.42. The van der Waals surface area contributed by atoms with E-state index in [4.69, 9.17) is 9.47 Å². The van der Waals surface area contributed by atoms with Gasteiger partial charge >= 0.3 is 6.03 Å². The quantitative estimate of drug-likeness (QED) is 0.552. The molecule has 34 heavy (non-hydrogen) atoms. The molecule has 0 aliphatic carbocycles. The van der Waals surface area contributed by atoms with E-state index >= 15 is 0 Å². The molecule has 1 saturated heterocycles. The molecule has 9 heteroatoms. The first-order valence-corrected chi connectivity index (χ1v) is 11.3. The van der Waals surface area contributed by atoms with Gasteiger partial charge in [-0.25, -0.2) is 4.79 Å². The lowest BCUT2D eigenvalue weighted by Gasteiger charge is -2.33. The molecule has 0 spiro atoms. The third kappa shape index (κ3) is 7.13. The Morgan fingerprint density at radius 1 is 1.00 bits per heavy atom. The van der Waals surface area contributed by atoms with Crippen molar-refractivity contribution in [2.45, 2.75) is 38.3 Å². The number of nitrogens with zero attached hydrogens (tertiary/aromatic N) is 1. The predicted octanol–water partition coefficient (Wildman–Crippen LogP) is 2.56. The topological polar surface area (TPSA) is 109 Å². The number of hydrogen-bond acceptors (Lipinski definition) is 5. The minimum absolute atomic E-state index is 0.0741. The molecule has 4 amide bonds. The summed E-state index contributed by atoms with van der Waals surface area (Å²) in [6, 6.07) is 13.7. The molecule has 1 unspecified atom stereocenters. The molecule has 2 aromatic rings. The largest absolute Gasteiger partial charge is 0.497 e. The van der Waals surface area contributed by atoms with Gasteiger partial charge in [0.25, 0.3) is 0 Å². The van der Waals surface area contributed by atoms with Gasteiger partial charge in [0.15, 0.2) is 0 Å². The molecular formula is C25H32N4O5. The maximum atomic E-state index is 13.0. The summed E-state index contributed by atoms with van der Waals surface area (Å²) in [7, 11) is 3.16. The van der Waals surface area contributed by atoms with E-state index in [-0.39, 0.29) is 23.9 Å². The zero-order valence-corrected chi connectivity index (χ0v) is 19.8. The van der Waals surface area contributed by atoms with Crippen molar-refractivity contribution < 1.29 is 23.9 Å². The number of piperidine rings is 1. The van der Waals surface area contributed by atoms with Gasteiger partial charge in [-0.15, -0.1) is 0 Å². The molecule has 3 N–H and O–H groups in total. The second-order valence-corrected chi connectivity index (χ2v) is 8.24. The summed E-state index contributed by atoms with van der Waals surface area (Å²) in [5, 5.41) is 8.66. The molecule has 3 rings (SSSR count). The van der Waals surface area contributed by atoms with Crippen LogP contribution in [0.5, 0.6) is 11.5 Å². The van der Waals surface area contributed by atoms with Crippen molar-refractivity contribution in [3.8, 4) is 11.5 Å². The second kappa shape index (κ2) is 11.9. The number of benzene rings is 2. The number of ether oxygens (including phenoxy) is 2. The van der Waals surface area contributed by atoms with Crippen LogP contribution < -0.4 is 25.4 Å². The number of carbonyl (C=O) groups is 3. The first-order valence-electron chi connectivity index (χ1n) is 11.3. The highest BCUT2D eigenvalue weighted by molar-refractivity contribution is 5.90. The zero-order valence-electron chi connectivity index (χ0n) is 19.8. The molecule has 9 nitrogen and oxygen atoms in total. The van der Waals surface area contributed by atoms with E-state index in [2.05, 4.69) is 16.0 Å². The smallest absolute Gasteiger partial charge is 0.321 e. The molecule has 1 aliphatic heterocycles. The molecule has 1 atom stereocenters. The fourth-order valence-electron chi connectivity index (χ4n) is 3.92. The van der Waals surface area contributed by atoms with Gasteiger partial charge in [-0.05, 0) is 42.7 Å². The number of urea groups is 1. The predicted molar refractivity (Wildman–Crippen MR) is 129 cm³/mol. The van der Waals surface area contributed by atoms with Gasteiger partial charge in [0.1, 0.15) is 17.5 Å². The normalized spacial score (nSPS) is 14.6. The summed E-state index contributed by atoms with van der Waals surface area (Å²) in [5.41, 5.74) is 1.55. The Kier molecular flexibility index (Phi) is 8.73. The van der Waals surface area contributed by atoms with Crippen LogP contribution in [-0.2, 0) is 16.0 Å². The number of methoxy groups -OCH3 is 2. The van der Waals surface area contributed by atoms with Gasteiger partial charge in [-0.3, -0.25) is 9.59 Å². The number of anilines is 1. The van der Waals surface area contributed by atoms with Gasteiger partial charge in [0.2, 0.25) is 11.8 Å². The van der Waals surface area contributed by atoms with Gasteiger partial charge in [0, 0.05) is 44.2 Å². The molecular weight excluding hydrogens is 436 g/mol. The molecule has 1 heterocycles.